The Kier molecular flexibility index (Phi) is 3.98. The number of nitrogens with zero attached hydrogens (tertiary/aromatic N) is 1. The maximum Gasteiger partial charge on any atom is 0.240 e. The average Bonchev–Trinajstić information content (AvgIpc) is 2.30. The molecule has 1 unspecified atom stereocenters. The van der Waals surface area contributed by atoms with E-state index in [0.29, 0.717) is 11.4 Å². The predicted molar refractivity (Wildman–Crippen MR) is 76.4 cm³/mol. The molecule has 1 aromatic rings. The van der Waals surface area contributed by atoms with Crippen molar-refractivity contribution in [3.8, 4) is 0 Å². The van der Waals surface area contributed by atoms with Crippen LogP contribution in [0.25, 0.3) is 0 Å². The summed E-state index contributed by atoms with van der Waals surface area (Å²) in [7, 11) is -1.72. The molecule has 19 heavy (non-hydrogen) atoms. The zero-order valence-electron chi connectivity index (χ0n) is 11.0. The maximum absolute atomic E-state index is 11.6. The summed E-state index contributed by atoms with van der Waals surface area (Å²) < 4.78 is 23.2. The summed E-state index contributed by atoms with van der Waals surface area (Å²) in [6.07, 6.45) is 2.10. The Hall–Kier alpha value is -1.31. The number of hydrogen-bond donors (Lipinski definition) is 3. The van der Waals surface area contributed by atoms with Crippen LogP contribution in [0.5, 0.6) is 0 Å². The molecule has 7 heteroatoms. The zero-order valence-corrected chi connectivity index (χ0v) is 11.8. The highest BCUT2D eigenvalue weighted by molar-refractivity contribution is 7.89. The van der Waals surface area contributed by atoms with Gasteiger partial charge >= 0.3 is 0 Å². The SMILES string of the molecule is CN1CCCC(Nc2ccc(N)cc2S(N)(=O)=O)C1. The van der Waals surface area contributed by atoms with Crippen molar-refractivity contribution >= 4 is 21.4 Å². The Morgan fingerprint density at radius 3 is 2.79 bits per heavy atom. The second kappa shape index (κ2) is 5.36. The van der Waals surface area contributed by atoms with Crippen molar-refractivity contribution in [1.29, 1.82) is 0 Å². The molecule has 1 saturated heterocycles. The largest absolute Gasteiger partial charge is 0.399 e. The Morgan fingerprint density at radius 2 is 2.16 bits per heavy atom. The summed E-state index contributed by atoms with van der Waals surface area (Å²) in [6.45, 7) is 1.95. The molecule has 0 aliphatic carbocycles. The molecule has 1 atom stereocenters. The van der Waals surface area contributed by atoms with E-state index in [1.807, 2.05) is 0 Å². The van der Waals surface area contributed by atoms with Gasteiger partial charge in [-0.05, 0) is 44.6 Å². The first kappa shape index (κ1) is 14.1. The fourth-order valence-electron chi connectivity index (χ4n) is 2.40. The van der Waals surface area contributed by atoms with Gasteiger partial charge in [0.2, 0.25) is 10.0 Å². The van der Waals surface area contributed by atoms with Crippen molar-refractivity contribution in [1.82, 2.24) is 4.90 Å². The van der Waals surface area contributed by atoms with Crippen LogP contribution in [0.15, 0.2) is 23.1 Å². The van der Waals surface area contributed by atoms with Gasteiger partial charge in [-0.3, -0.25) is 0 Å². The minimum Gasteiger partial charge on any atom is -0.399 e. The van der Waals surface area contributed by atoms with Gasteiger partial charge in [0.15, 0.2) is 0 Å². The molecular formula is C12H20N4O2S. The van der Waals surface area contributed by atoms with Crippen LogP contribution in [0.2, 0.25) is 0 Å². The van der Waals surface area contributed by atoms with Crippen LogP contribution in [-0.4, -0.2) is 39.5 Å². The number of primary sulfonamides is 1. The normalized spacial score (nSPS) is 21.3. The summed E-state index contributed by atoms with van der Waals surface area (Å²) in [5.74, 6) is 0. The number of nitrogens with one attached hydrogen (secondary N) is 1. The van der Waals surface area contributed by atoms with Crippen LogP contribution < -0.4 is 16.2 Å². The van der Waals surface area contributed by atoms with Crippen molar-refractivity contribution in [2.45, 2.75) is 23.8 Å². The van der Waals surface area contributed by atoms with Crippen molar-refractivity contribution in [2.75, 3.05) is 31.2 Å². The standard InChI is InChI=1S/C12H20N4O2S/c1-16-6-2-3-10(8-16)15-11-5-4-9(13)7-12(11)19(14,17)18/h4-5,7,10,15H,2-3,6,8,13H2,1H3,(H2,14,17,18). The third-order valence-corrected chi connectivity index (χ3v) is 4.25. The minimum absolute atomic E-state index is 0.0562. The molecule has 6 nitrogen and oxygen atoms in total. The molecule has 1 aromatic carbocycles. The number of piperidine rings is 1. The van der Waals surface area contributed by atoms with Crippen molar-refractivity contribution in [3.05, 3.63) is 18.2 Å². The van der Waals surface area contributed by atoms with E-state index >= 15 is 0 Å². The number of rotatable bonds is 3. The molecule has 2 rings (SSSR count). The first-order valence-electron chi connectivity index (χ1n) is 6.23. The molecule has 1 aliphatic heterocycles. The molecule has 0 saturated carbocycles. The number of nitrogen functional groups attached to an aromatic ring is 1. The number of benzene rings is 1. The Balaban J connectivity index is 2.25. The van der Waals surface area contributed by atoms with E-state index in [1.165, 1.54) is 6.07 Å². The smallest absolute Gasteiger partial charge is 0.240 e. The fourth-order valence-corrected chi connectivity index (χ4v) is 3.13. The number of likely N-dealkylation sites (N-methyl/N-ethyl adjacent to an activating group) is 1. The molecule has 1 aliphatic rings. The highest BCUT2D eigenvalue weighted by atomic mass is 32.2. The molecule has 0 aromatic heterocycles. The number of anilines is 2. The van der Waals surface area contributed by atoms with Gasteiger partial charge in [0.25, 0.3) is 0 Å². The van der Waals surface area contributed by atoms with E-state index in [0.717, 1.165) is 25.9 Å². The molecule has 0 spiro atoms. The van der Waals surface area contributed by atoms with Gasteiger partial charge < -0.3 is 16.0 Å². The topological polar surface area (TPSA) is 101 Å². The zero-order chi connectivity index (χ0) is 14.0. The van der Waals surface area contributed by atoms with Gasteiger partial charge in [-0.15, -0.1) is 0 Å². The van der Waals surface area contributed by atoms with Crippen LogP contribution in [0.1, 0.15) is 12.8 Å². The summed E-state index contributed by atoms with van der Waals surface area (Å²) in [5, 5.41) is 8.48. The lowest BCUT2D eigenvalue weighted by Crippen LogP contribution is -2.40. The Labute approximate surface area is 113 Å². The van der Waals surface area contributed by atoms with Gasteiger partial charge in [0, 0.05) is 18.3 Å². The molecule has 0 amide bonds. The molecule has 1 fully saturated rings. The number of nitrogens with two attached hydrogens (primary N) is 2. The first-order chi connectivity index (χ1) is 8.86. The maximum atomic E-state index is 11.6. The Bertz CT molecular complexity index is 559. The van der Waals surface area contributed by atoms with E-state index in [4.69, 9.17) is 10.9 Å². The predicted octanol–water partition coefficient (Wildman–Crippen LogP) is 0.422. The van der Waals surface area contributed by atoms with Crippen molar-refractivity contribution in [2.24, 2.45) is 5.14 Å². The van der Waals surface area contributed by atoms with Crippen LogP contribution in [-0.2, 0) is 10.0 Å². The fraction of sp³-hybridized carbons (Fsp3) is 0.500. The quantitative estimate of drug-likeness (QED) is 0.698. The van der Waals surface area contributed by atoms with Gasteiger partial charge in [0.1, 0.15) is 4.90 Å². The van der Waals surface area contributed by atoms with E-state index in [2.05, 4.69) is 17.3 Å². The van der Waals surface area contributed by atoms with Crippen LogP contribution in [0, 0.1) is 0 Å². The van der Waals surface area contributed by atoms with E-state index in [1.54, 1.807) is 12.1 Å². The lowest BCUT2D eigenvalue weighted by Gasteiger charge is -2.31. The van der Waals surface area contributed by atoms with Gasteiger partial charge in [-0.2, -0.15) is 0 Å². The summed E-state index contributed by atoms with van der Waals surface area (Å²) in [5.41, 5.74) is 6.53. The lowest BCUT2D eigenvalue weighted by molar-refractivity contribution is 0.261. The highest BCUT2D eigenvalue weighted by Crippen LogP contribution is 2.25. The molecular weight excluding hydrogens is 264 g/mol. The second-order valence-electron chi connectivity index (χ2n) is 5.05. The number of sulfonamides is 1. The van der Waals surface area contributed by atoms with Crippen molar-refractivity contribution < 1.29 is 8.42 Å². The first-order valence-corrected chi connectivity index (χ1v) is 7.78. The lowest BCUT2D eigenvalue weighted by atomic mass is 10.1. The van der Waals surface area contributed by atoms with E-state index in [-0.39, 0.29) is 10.9 Å². The molecule has 0 bridgehead atoms. The summed E-state index contributed by atoms with van der Waals surface area (Å²) in [4.78, 5) is 2.27. The molecule has 0 radical (unpaired) electrons. The van der Waals surface area contributed by atoms with Crippen LogP contribution in [0.3, 0.4) is 0 Å². The van der Waals surface area contributed by atoms with Gasteiger partial charge in [-0.25, -0.2) is 13.6 Å². The Morgan fingerprint density at radius 1 is 1.42 bits per heavy atom. The molecule has 1 heterocycles. The van der Waals surface area contributed by atoms with Gasteiger partial charge in [-0.1, -0.05) is 0 Å². The highest BCUT2D eigenvalue weighted by Gasteiger charge is 2.20. The summed E-state index contributed by atoms with van der Waals surface area (Å²) in [6, 6.07) is 4.96. The van der Waals surface area contributed by atoms with E-state index < -0.39 is 10.0 Å². The monoisotopic (exact) mass is 284 g/mol. The minimum atomic E-state index is -3.78. The molecule has 5 N–H and O–H groups in total. The number of likely N-dealkylation sites (tertiary alicyclic amines) is 1. The average molecular weight is 284 g/mol. The summed E-state index contributed by atoms with van der Waals surface area (Å²) >= 11 is 0. The third-order valence-electron chi connectivity index (χ3n) is 3.30. The van der Waals surface area contributed by atoms with Crippen LogP contribution in [0.4, 0.5) is 11.4 Å². The third kappa shape index (κ3) is 3.59. The van der Waals surface area contributed by atoms with Gasteiger partial charge in [0.05, 0.1) is 5.69 Å². The van der Waals surface area contributed by atoms with Crippen molar-refractivity contribution in [3.63, 3.8) is 0 Å². The molecule has 106 valence electrons. The number of hydrogen-bond acceptors (Lipinski definition) is 5. The van der Waals surface area contributed by atoms with Crippen LogP contribution >= 0.6 is 0 Å². The van der Waals surface area contributed by atoms with E-state index in [9.17, 15) is 8.42 Å². The second-order valence-corrected chi connectivity index (χ2v) is 6.58.